The molecule has 2 heterocycles. The van der Waals surface area contributed by atoms with E-state index in [0.29, 0.717) is 11.6 Å². The highest BCUT2D eigenvalue weighted by Crippen LogP contribution is 2.27. The van der Waals surface area contributed by atoms with Crippen LogP contribution in [0.15, 0.2) is 42.9 Å². The van der Waals surface area contributed by atoms with Gasteiger partial charge in [-0.05, 0) is 18.2 Å². The highest BCUT2D eigenvalue weighted by molar-refractivity contribution is 6.31. The van der Waals surface area contributed by atoms with E-state index >= 15 is 0 Å². The van der Waals surface area contributed by atoms with Gasteiger partial charge in [0.1, 0.15) is 11.3 Å². The predicted octanol–water partition coefficient (Wildman–Crippen LogP) is 3.00. The third-order valence-corrected chi connectivity index (χ3v) is 3.41. The molecule has 0 aliphatic carbocycles. The summed E-state index contributed by atoms with van der Waals surface area (Å²) < 4.78 is 7.09. The normalized spacial score (nSPS) is 10.7. The molecule has 1 aromatic carbocycles. The van der Waals surface area contributed by atoms with Crippen LogP contribution in [0.2, 0.25) is 5.02 Å². The van der Waals surface area contributed by atoms with Gasteiger partial charge in [-0.2, -0.15) is 5.10 Å². The monoisotopic (exact) mass is 288 g/mol. The lowest BCUT2D eigenvalue weighted by Gasteiger charge is -2.12. The molecule has 0 aliphatic rings. The van der Waals surface area contributed by atoms with Crippen molar-refractivity contribution >= 4 is 22.9 Å². The van der Waals surface area contributed by atoms with Crippen molar-refractivity contribution in [1.82, 2.24) is 14.6 Å². The van der Waals surface area contributed by atoms with Gasteiger partial charge >= 0.3 is 0 Å². The van der Waals surface area contributed by atoms with E-state index in [1.807, 2.05) is 24.3 Å². The molecule has 0 aliphatic heterocycles. The van der Waals surface area contributed by atoms with Crippen molar-refractivity contribution in [3.8, 4) is 5.75 Å². The first-order valence-corrected chi connectivity index (χ1v) is 6.51. The highest BCUT2D eigenvalue weighted by atomic mass is 35.5. The quantitative estimate of drug-likeness (QED) is 0.802. The number of benzene rings is 1. The van der Waals surface area contributed by atoms with E-state index in [4.69, 9.17) is 16.3 Å². The Morgan fingerprint density at radius 3 is 3.05 bits per heavy atom. The summed E-state index contributed by atoms with van der Waals surface area (Å²) in [6.45, 7) is 0.528. The van der Waals surface area contributed by atoms with Gasteiger partial charge in [-0.15, -0.1) is 0 Å². The van der Waals surface area contributed by atoms with Crippen LogP contribution >= 0.6 is 11.6 Å². The molecule has 0 unspecified atom stereocenters. The number of nitrogens with one attached hydrogen (secondary N) is 1. The first kappa shape index (κ1) is 12.7. The highest BCUT2D eigenvalue weighted by Gasteiger charge is 2.09. The number of aromatic nitrogens is 3. The lowest BCUT2D eigenvalue weighted by molar-refractivity contribution is 0.410. The molecule has 2 aromatic heterocycles. The Hall–Kier alpha value is -2.27. The summed E-state index contributed by atoms with van der Waals surface area (Å²) in [6.07, 6.45) is 5.24. The van der Waals surface area contributed by atoms with Crippen LogP contribution in [0.5, 0.6) is 5.75 Å². The maximum atomic E-state index is 6.21. The molecule has 1 N–H and O–H groups in total. The topological polar surface area (TPSA) is 51.5 Å². The summed E-state index contributed by atoms with van der Waals surface area (Å²) in [7, 11) is 1.63. The molecule has 3 aromatic rings. The van der Waals surface area contributed by atoms with Crippen molar-refractivity contribution in [2.75, 3.05) is 12.4 Å². The van der Waals surface area contributed by atoms with Crippen LogP contribution in [0, 0.1) is 0 Å². The Morgan fingerprint density at radius 1 is 1.30 bits per heavy atom. The Labute approximate surface area is 121 Å². The van der Waals surface area contributed by atoms with Gasteiger partial charge in [0.25, 0.3) is 0 Å². The number of fused-ring (bicyclic) bond motifs is 1. The molecule has 0 atom stereocenters. The van der Waals surface area contributed by atoms with Gasteiger partial charge in [-0.3, -0.25) is 0 Å². The Balaban J connectivity index is 1.88. The van der Waals surface area contributed by atoms with Crippen LogP contribution in [0.1, 0.15) is 5.56 Å². The molecule has 0 amide bonds. The minimum Gasteiger partial charge on any atom is -0.496 e. The lowest BCUT2D eigenvalue weighted by atomic mass is 10.2. The second kappa shape index (κ2) is 5.38. The first-order chi connectivity index (χ1) is 9.79. The van der Waals surface area contributed by atoms with Crippen molar-refractivity contribution in [3.63, 3.8) is 0 Å². The average molecular weight is 289 g/mol. The predicted molar refractivity (Wildman–Crippen MR) is 78.3 cm³/mol. The summed E-state index contributed by atoms with van der Waals surface area (Å²) in [5, 5.41) is 8.10. The van der Waals surface area contributed by atoms with Gasteiger partial charge in [0.2, 0.25) is 0 Å². The fourth-order valence-electron chi connectivity index (χ4n) is 2.07. The second-order valence-corrected chi connectivity index (χ2v) is 4.62. The van der Waals surface area contributed by atoms with Crippen LogP contribution < -0.4 is 10.1 Å². The van der Waals surface area contributed by atoms with E-state index in [1.54, 1.807) is 30.2 Å². The van der Waals surface area contributed by atoms with Gasteiger partial charge in [-0.1, -0.05) is 17.7 Å². The fourth-order valence-corrected chi connectivity index (χ4v) is 2.30. The Kier molecular flexibility index (Phi) is 3.43. The SMILES string of the molecule is COc1cccc(Cl)c1CNc1nccn2nccc12. The number of ether oxygens (including phenoxy) is 1. The van der Waals surface area contributed by atoms with Crippen molar-refractivity contribution in [1.29, 1.82) is 0 Å². The molecule has 6 heteroatoms. The maximum Gasteiger partial charge on any atom is 0.152 e. The molecule has 0 saturated heterocycles. The van der Waals surface area contributed by atoms with Gasteiger partial charge in [0, 0.05) is 29.5 Å². The molecule has 0 fully saturated rings. The molecule has 20 heavy (non-hydrogen) atoms. The number of hydrogen-bond acceptors (Lipinski definition) is 4. The fraction of sp³-hybridized carbons (Fsp3) is 0.143. The molecule has 102 valence electrons. The van der Waals surface area contributed by atoms with Gasteiger partial charge in [0.15, 0.2) is 5.82 Å². The number of methoxy groups -OCH3 is 1. The standard InChI is InChI=1S/C14H13ClN4O/c1-20-13-4-2-3-11(15)10(13)9-17-14-12-5-6-18-19(12)8-7-16-14/h2-8H,9H2,1H3,(H,16,17). The van der Waals surface area contributed by atoms with Gasteiger partial charge in [-0.25, -0.2) is 9.50 Å². The summed E-state index contributed by atoms with van der Waals surface area (Å²) in [5.74, 6) is 1.51. The molecule has 3 rings (SSSR count). The number of rotatable bonds is 4. The number of hydrogen-bond donors (Lipinski definition) is 1. The largest absolute Gasteiger partial charge is 0.496 e. The third-order valence-electron chi connectivity index (χ3n) is 3.05. The Morgan fingerprint density at radius 2 is 2.20 bits per heavy atom. The summed E-state index contributed by atoms with van der Waals surface area (Å²) in [5.41, 5.74) is 1.82. The maximum absolute atomic E-state index is 6.21. The van der Waals surface area contributed by atoms with E-state index in [0.717, 1.165) is 22.6 Å². The number of anilines is 1. The first-order valence-electron chi connectivity index (χ1n) is 6.13. The molecular formula is C14H13ClN4O. The summed E-state index contributed by atoms with van der Waals surface area (Å²) in [6, 6.07) is 7.49. The zero-order valence-corrected chi connectivity index (χ0v) is 11.6. The zero-order valence-electron chi connectivity index (χ0n) is 10.9. The van der Waals surface area contributed by atoms with Crippen LogP contribution in [-0.2, 0) is 6.54 Å². The third kappa shape index (κ3) is 2.28. The van der Waals surface area contributed by atoms with E-state index in [-0.39, 0.29) is 0 Å². The second-order valence-electron chi connectivity index (χ2n) is 4.21. The van der Waals surface area contributed by atoms with Gasteiger partial charge < -0.3 is 10.1 Å². The van der Waals surface area contributed by atoms with Crippen LogP contribution in [-0.4, -0.2) is 21.7 Å². The van der Waals surface area contributed by atoms with E-state index in [1.165, 1.54) is 0 Å². The molecule has 0 saturated carbocycles. The minimum absolute atomic E-state index is 0.528. The van der Waals surface area contributed by atoms with Crippen LogP contribution in [0.3, 0.4) is 0 Å². The lowest BCUT2D eigenvalue weighted by Crippen LogP contribution is -2.05. The van der Waals surface area contributed by atoms with Gasteiger partial charge in [0.05, 0.1) is 13.3 Å². The molecule has 5 nitrogen and oxygen atoms in total. The molecular weight excluding hydrogens is 276 g/mol. The number of nitrogens with zero attached hydrogens (tertiary/aromatic N) is 3. The van der Waals surface area contributed by atoms with E-state index in [2.05, 4.69) is 15.4 Å². The molecule has 0 radical (unpaired) electrons. The minimum atomic E-state index is 0.528. The summed E-state index contributed by atoms with van der Waals surface area (Å²) in [4.78, 5) is 4.32. The van der Waals surface area contributed by atoms with E-state index < -0.39 is 0 Å². The molecule has 0 bridgehead atoms. The number of halogens is 1. The van der Waals surface area contributed by atoms with Crippen molar-refractivity contribution in [2.24, 2.45) is 0 Å². The smallest absolute Gasteiger partial charge is 0.152 e. The summed E-state index contributed by atoms with van der Waals surface area (Å²) >= 11 is 6.21. The van der Waals surface area contributed by atoms with Crippen molar-refractivity contribution in [2.45, 2.75) is 6.54 Å². The Bertz CT molecular complexity index is 741. The average Bonchev–Trinajstić information content (AvgIpc) is 2.94. The zero-order chi connectivity index (χ0) is 13.9. The van der Waals surface area contributed by atoms with Crippen molar-refractivity contribution < 1.29 is 4.74 Å². The van der Waals surface area contributed by atoms with Crippen LogP contribution in [0.4, 0.5) is 5.82 Å². The van der Waals surface area contributed by atoms with E-state index in [9.17, 15) is 0 Å². The van der Waals surface area contributed by atoms with Crippen molar-refractivity contribution in [3.05, 3.63) is 53.4 Å². The van der Waals surface area contributed by atoms with Crippen LogP contribution in [0.25, 0.3) is 5.52 Å². The molecule has 0 spiro atoms.